The minimum atomic E-state index is -1.03. The third-order valence-electron chi connectivity index (χ3n) is 9.33. The van der Waals surface area contributed by atoms with Crippen LogP contribution in [0.4, 0.5) is 4.79 Å². The maximum atomic E-state index is 14.0. The predicted octanol–water partition coefficient (Wildman–Crippen LogP) is 5.35. The predicted molar refractivity (Wildman–Crippen MR) is 157 cm³/mol. The number of amides is 2. The third-order valence-corrected chi connectivity index (χ3v) is 9.33. The van der Waals surface area contributed by atoms with Crippen LogP contribution in [-0.2, 0) is 25.7 Å². The van der Waals surface area contributed by atoms with Crippen molar-refractivity contribution in [1.82, 2.24) is 10.2 Å². The molecule has 2 unspecified atom stereocenters. The van der Waals surface area contributed by atoms with Crippen LogP contribution in [0.1, 0.15) is 55.2 Å². The van der Waals surface area contributed by atoms with E-state index in [9.17, 15) is 19.5 Å². The lowest BCUT2D eigenvalue weighted by molar-refractivity contribution is -0.150. The van der Waals surface area contributed by atoms with Gasteiger partial charge >= 0.3 is 12.1 Å². The highest BCUT2D eigenvalue weighted by molar-refractivity contribution is 5.88. The molecule has 3 aromatic carbocycles. The normalized spacial score (nSPS) is 22.1. The Morgan fingerprint density at radius 1 is 0.952 bits per heavy atom. The minimum absolute atomic E-state index is 0.114. The Morgan fingerprint density at radius 2 is 1.60 bits per heavy atom. The molecule has 8 heteroatoms. The maximum absolute atomic E-state index is 14.0. The molecular formula is C34H36N2O6. The summed E-state index contributed by atoms with van der Waals surface area (Å²) in [6, 6.07) is 24.4. The summed E-state index contributed by atoms with van der Waals surface area (Å²) in [5.41, 5.74) is 4.48. The number of ether oxygens (including phenoxy) is 2. The number of carboxylic acid groups (broad SMARTS) is 1. The Hall–Kier alpha value is -4.17. The number of nitrogens with one attached hydrogen (secondary N) is 1. The molecule has 0 spiro atoms. The monoisotopic (exact) mass is 568 g/mol. The fourth-order valence-corrected chi connectivity index (χ4v) is 7.12. The molecule has 2 aliphatic carbocycles. The molecule has 2 fully saturated rings. The van der Waals surface area contributed by atoms with Gasteiger partial charge in [0.2, 0.25) is 5.91 Å². The molecule has 2 N–H and O–H groups in total. The number of hydrogen-bond acceptors (Lipinski definition) is 5. The molecule has 1 saturated carbocycles. The third kappa shape index (κ3) is 5.04. The van der Waals surface area contributed by atoms with E-state index in [2.05, 4.69) is 29.6 Å². The summed E-state index contributed by atoms with van der Waals surface area (Å²) in [4.78, 5) is 41.2. The summed E-state index contributed by atoms with van der Waals surface area (Å²) < 4.78 is 11.9. The lowest BCUT2D eigenvalue weighted by Crippen LogP contribution is -2.56. The quantitative estimate of drug-likeness (QED) is 0.360. The Labute approximate surface area is 245 Å². The number of aliphatic carboxylic acids is 1. The fourth-order valence-electron chi connectivity index (χ4n) is 7.12. The first-order valence-corrected chi connectivity index (χ1v) is 14.7. The first-order valence-electron chi connectivity index (χ1n) is 14.7. The number of carbonyl (C=O) groups is 3. The Bertz CT molecular complexity index is 1430. The highest BCUT2D eigenvalue weighted by atomic mass is 16.5. The van der Waals surface area contributed by atoms with Gasteiger partial charge in [-0.1, -0.05) is 85.3 Å². The largest absolute Gasteiger partial charge is 0.481 e. The van der Waals surface area contributed by atoms with Gasteiger partial charge in [0.1, 0.15) is 12.6 Å². The molecular weight excluding hydrogens is 532 g/mol. The zero-order valence-corrected chi connectivity index (χ0v) is 23.7. The van der Waals surface area contributed by atoms with Gasteiger partial charge < -0.3 is 24.8 Å². The fraction of sp³-hybridized carbons (Fsp3) is 0.382. The molecule has 1 saturated heterocycles. The summed E-state index contributed by atoms with van der Waals surface area (Å²) in [7, 11) is 0. The SMILES string of the molecule is C[C@H](OCc1ccccc1)[C@@H](NC(=O)OCC1c2ccccc2-c2ccccc21)C(=O)N1CCC2(C(=O)O)CCCC12. The van der Waals surface area contributed by atoms with Gasteiger partial charge in [-0.25, -0.2) is 4.79 Å². The van der Waals surface area contributed by atoms with Crippen LogP contribution in [0.25, 0.3) is 11.1 Å². The number of alkyl carbamates (subject to hydrolysis) is 1. The average Bonchev–Trinajstić information content (AvgIpc) is 3.69. The molecule has 218 valence electrons. The first kappa shape index (κ1) is 28.0. The number of carbonyl (C=O) groups excluding carboxylic acids is 2. The lowest BCUT2D eigenvalue weighted by Gasteiger charge is -2.33. The van der Waals surface area contributed by atoms with E-state index in [-0.39, 0.29) is 25.0 Å². The highest BCUT2D eigenvalue weighted by Gasteiger charge is 2.57. The van der Waals surface area contributed by atoms with Crippen molar-refractivity contribution in [3.05, 3.63) is 95.6 Å². The van der Waals surface area contributed by atoms with E-state index in [4.69, 9.17) is 9.47 Å². The summed E-state index contributed by atoms with van der Waals surface area (Å²) in [6.45, 7) is 2.48. The van der Waals surface area contributed by atoms with Gasteiger partial charge in [-0.2, -0.15) is 0 Å². The van der Waals surface area contributed by atoms with Crippen LogP contribution in [0.15, 0.2) is 78.9 Å². The van der Waals surface area contributed by atoms with E-state index in [1.807, 2.05) is 54.6 Å². The second-order valence-corrected chi connectivity index (χ2v) is 11.6. The highest BCUT2D eigenvalue weighted by Crippen LogP contribution is 2.49. The molecule has 3 aliphatic rings. The molecule has 3 aromatic rings. The van der Waals surface area contributed by atoms with E-state index >= 15 is 0 Å². The minimum Gasteiger partial charge on any atom is -0.481 e. The van der Waals surface area contributed by atoms with Crippen molar-refractivity contribution in [1.29, 1.82) is 0 Å². The Morgan fingerprint density at radius 3 is 2.26 bits per heavy atom. The van der Waals surface area contributed by atoms with Crippen molar-refractivity contribution in [2.24, 2.45) is 5.41 Å². The van der Waals surface area contributed by atoms with Crippen LogP contribution in [0.2, 0.25) is 0 Å². The van der Waals surface area contributed by atoms with Crippen LogP contribution in [0.5, 0.6) is 0 Å². The molecule has 42 heavy (non-hydrogen) atoms. The molecule has 6 rings (SSSR count). The topological polar surface area (TPSA) is 105 Å². The number of benzene rings is 3. The van der Waals surface area contributed by atoms with E-state index in [0.29, 0.717) is 25.8 Å². The van der Waals surface area contributed by atoms with Crippen molar-refractivity contribution in [2.45, 2.75) is 63.3 Å². The second kappa shape index (κ2) is 11.6. The van der Waals surface area contributed by atoms with Crippen molar-refractivity contribution in [3.8, 4) is 11.1 Å². The van der Waals surface area contributed by atoms with Crippen LogP contribution >= 0.6 is 0 Å². The molecule has 1 aliphatic heterocycles. The number of fused-ring (bicyclic) bond motifs is 4. The molecule has 1 heterocycles. The summed E-state index contributed by atoms with van der Waals surface area (Å²) in [6.07, 6.45) is 0.969. The zero-order valence-electron chi connectivity index (χ0n) is 23.7. The van der Waals surface area contributed by atoms with Gasteiger partial charge in [0, 0.05) is 18.5 Å². The number of hydrogen-bond donors (Lipinski definition) is 2. The van der Waals surface area contributed by atoms with E-state index < -0.39 is 35.7 Å². The molecule has 0 aromatic heterocycles. The van der Waals surface area contributed by atoms with Gasteiger partial charge in [0.05, 0.1) is 18.1 Å². The van der Waals surface area contributed by atoms with Crippen molar-refractivity contribution in [3.63, 3.8) is 0 Å². The first-order chi connectivity index (χ1) is 20.4. The van der Waals surface area contributed by atoms with Crippen LogP contribution in [0, 0.1) is 5.41 Å². The maximum Gasteiger partial charge on any atom is 0.407 e. The van der Waals surface area contributed by atoms with Crippen LogP contribution < -0.4 is 5.32 Å². The summed E-state index contributed by atoms with van der Waals surface area (Å²) in [5.74, 6) is -1.30. The van der Waals surface area contributed by atoms with Gasteiger partial charge in [0.15, 0.2) is 0 Å². The average molecular weight is 569 g/mol. The van der Waals surface area contributed by atoms with Gasteiger partial charge in [-0.05, 0) is 54.0 Å². The van der Waals surface area contributed by atoms with Gasteiger partial charge in [-0.3, -0.25) is 9.59 Å². The molecule has 2 amide bonds. The number of likely N-dealkylation sites (tertiary alicyclic amines) is 1. The standard InChI is InChI=1S/C34H36N2O6/c1-22(41-20-23-10-3-2-4-11-23)30(31(37)36-19-18-34(32(38)39)17-9-16-29(34)36)35-33(40)42-21-28-26-14-7-5-12-24(26)25-13-6-8-15-27(25)28/h2-8,10-15,22,28-30H,9,16-21H2,1H3,(H,35,40)(H,38,39)/t22-,29?,30+,34?/m0/s1. The Balaban J connectivity index is 1.18. The van der Waals surface area contributed by atoms with Crippen molar-refractivity contribution >= 4 is 18.0 Å². The molecule has 8 nitrogen and oxygen atoms in total. The smallest absolute Gasteiger partial charge is 0.407 e. The number of rotatable bonds is 9. The lowest BCUT2D eigenvalue weighted by atomic mass is 9.82. The molecule has 0 bridgehead atoms. The van der Waals surface area contributed by atoms with Crippen LogP contribution in [0.3, 0.4) is 0 Å². The van der Waals surface area contributed by atoms with E-state index in [0.717, 1.165) is 34.2 Å². The van der Waals surface area contributed by atoms with Crippen molar-refractivity contribution in [2.75, 3.05) is 13.2 Å². The van der Waals surface area contributed by atoms with Gasteiger partial charge in [-0.15, -0.1) is 0 Å². The summed E-state index contributed by atoms with van der Waals surface area (Å²) in [5, 5.41) is 12.8. The number of nitrogens with zero attached hydrogens (tertiary/aromatic N) is 1. The van der Waals surface area contributed by atoms with E-state index in [1.165, 1.54) is 0 Å². The zero-order chi connectivity index (χ0) is 29.3. The van der Waals surface area contributed by atoms with E-state index in [1.54, 1.807) is 11.8 Å². The van der Waals surface area contributed by atoms with Crippen molar-refractivity contribution < 1.29 is 29.0 Å². The number of carboxylic acids is 1. The molecule has 4 atom stereocenters. The van der Waals surface area contributed by atoms with Crippen LogP contribution in [-0.4, -0.2) is 59.3 Å². The molecule has 0 radical (unpaired) electrons. The Kier molecular flexibility index (Phi) is 7.73. The van der Waals surface area contributed by atoms with Gasteiger partial charge in [0.25, 0.3) is 0 Å². The second-order valence-electron chi connectivity index (χ2n) is 11.6. The summed E-state index contributed by atoms with van der Waals surface area (Å²) >= 11 is 0.